The van der Waals surface area contributed by atoms with Crippen LogP contribution in [0, 0.1) is 13.8 Å². The Morgan fingerprint density at radius 1 is 1.38 bits per heavy atom. The highest BCUT2D eigenvalue weighted by Crippen LogP contribution is 2.20. The lowest BCUT2D eigenvalue weighted by atomic mass is 10.3. The predicted octanol–water partition coefficient (Wildman–Crippen LogP) is 1.89. The molecule has 0 aromatic carbocycles. The van der Waals surface area contributed by atoms with Gasteiger partial charge in [0.15, 0.2) is 0 Å². The fourth-order valence-electron chi connectivity index (χ4n) is 1.41. The minimum atomic E-state index is -2.81. The molecule has 0 aliphatic rings. The Labute approximate surface area is 102 Å². The average Bonchev–Trinajstić information content (AvgIpc) is 2.44. The largest absolute Gasteiger partial charge is 0.312 e. The van der Waals surface area contributed by atoms with Crippen LogP contribution in [0.2, 0.25) is 0 Å². The van der Waals surface area contributed by atoms with Crippen LogP contribution in [-0.2, 0) is 16.4 Å². The fraction of sp³-hybridized carbons (Fsp3) is 0.636. The van der Waals surface area contributed by atoms with Gasteiger partial charge in [-0.05, 0) is 38.4 Å². The van der Waals surface area contributed by atoms with Gasteiger partial charge in [0, 0.05) is 22.6 Å². The Hall–Kier alpha value is -0.390. The van der Waals surface area contributed by atoms with Crippen molar-refractivity contribution >= 4 is 21.2 Å². The van der Waals surface area contributed by atoms with Gasteiger partial charge in [0.1, 0.15) is 9.84 Å². The summed E-state index contributed by atoms with van der Waals surface area (Å²) in [6.45, 7) is 5.82. The summed E-state index contributed by atoms with van der Waals surface area (Å²) in [5, 5.41) is 3.26. The maximum atomic E-state index is 10.9. The molecule has 0 amide bonds. The van der Waals surface area contributed by atoms with Crippen LogP contribution in [0.3, 0.4) is 0 Å². The Kier molecular flexibility index (Phi) is 4.95. The smallest absolute Gasteiger partial charge is 0.147 e. The Bertz CT molecular complexity index is 415. The molecular weight excluding hydrogens is 242 g/mol. The van der Waals surface area contributed by atoms with Crippen LogP contribution in [-0.4, -0.2) is 27.0 Å². The number of sulfone groups is 1. The van der Waals surface area contributed by atoms with E-state index in [9.17, 15) is 8.42 Å². The van der Waals surface area contributed by atoms with Gasteiger partial charge in [0.2, 0.25) is 0 Å². The van der Waals surface area contributed by atoms with E-state index in [4.69, 9.17) is 0 Å². The summed E-state index contributed by atoms with van der Waals surface area (Å²) in [7, 11) is -2.81. The lowest BCUT2D eigenvalue weighted by molar-refractivity contribution is 0.594. The van der Waals surface area contributed by atoms with Crippen LogP contribution in [0.25, 0.3) is 0 Å². The highest BCUT2D eigenvalue weighted by molar-refractivity contribution is 7.90. The van der Waals surface area contributed by atoms with E-state index in [-0.39, 0.29) is 5.75 Å². The molecule has 0 saturated heterocycles. The molecule has 5 heteroatoms. The first-order valence-corrected chi connectivity index (χ1v) is 8.20. The SMILES string of the molecule is Cc1cc(CNCCCS(C)(=O)=O)sc1C. The second-order valence-corrected chi connectivity index (χ2v) is 7.71. The van der Waals surface area contributed by atoms with Gasteiger partial charge in [-0.2, -0.15) is 0 Å². The molecule has 1 N–H and O–H groups in total. The lowest BCUT2D eigenvalue weighted by Crippen LogP contribution is -2.17. The molecule has 0 radical (unpaired) electrons. The van der Waals surface area contributed by atoms with Gasteiger partial charge < -0.3 is 5.32 Å². The molecule has 0 aliphatic heterocycles. The van der Waals surface area contributed by atoms with Crippen molar-refractivity contribution in [2.24, 2.45) is 0 Å². The van der Waals surface area contributed by atoms with Gasteiger partial charge >= 0.3 is 0 Å². The van der Waals surface area contributed by atoms with Gasteiger partial charge in [-0.1, -0.05) is 0 Å². The van der Waals surface area contributed by atoms with Crippen molar-refractivity contribution in [1.82, 2.24) is 5.32 Å². The van der Waals surface area contributed by atoms with Gasteiger partial charge in [-0.3, -0.25) is 0 Å². The number of nitrogens with one attached hydrogen (secondary N) is 1. The molecule has 0 fully saturated rings. The molecule has 16 heavy (non-hydrogen) atoms. The van der Waals surface area contributed by atoms with Crippen LogP contribution in [0.5, 0.6) is 0 Å². The summed E-state index contributed by atoms with van der Waals surface area (Å²) in [5.74, 6) is 0.266. The Balaban J connectivity index is 2.21. The quantitative estimate of drug-likeness (QED) is 0.795. The monoisotopic (exact) mass is 261 g/mol. The van der Waals surface area contributed by atoms with Crippen molar-refractivity contribution in [2.75, 3.05) is 18.6 Å². The second kappa shape index (κ2) is 5.80. The van der Waals surface area contributed by atoms with E-state index in [1.165, 1.54) is 21.6 Å². The van der Waals surface area contributed by atoms with E-state index in [1.807, 2.05) is 0 Å². The van der Waals surface area contributed by atoms with Gasteiger partial charge in [-0.25, -0.2) is 8.42 Å². The summed E-state index contributed by atoms with van der Waals surface area (Å²) in [4.78, 5) is 2.67. The van der Waals surface area contributed by atoms with Gasteiger partial charge in [0.05, 0.1) is 5.75 Å². The molecule has 3 nitrogen and oxygen atoms in total. The summed E-state index contributed by atoms with van der Waals surface area (Å²) < 4.78 is 21.8. The molecule has 1 aromatic heterocycles. The Morgan fingerprint density at radius 2 is 2.06 bits per heavy atom. The zero-order valence-corrected chi connectivity index (χ0v) is 11.7. The molecule has 0 atom stereocenters. The first-order chi connectivity index (χ1) is 7.38. The van der Waals surface area contributed by atoms with Crippen molar-refractivity contribution in [1.29, 1.82) is 0 Å². The van der Waals surface area contributed by atoms with Crippen molar-refractivity contribution in [2.45, 2.75) is 26.8 Å². The van der Waals surface area contributed by atoms with Gasteiger partial charge in [0.25, 0.3) is 0 Å². The van der Waals surface area contributed by atoms with Crippen molar-refractivity contribution < 1.29 is 8.42 Å². The van der Waals surface area contributed by atoms with Crippen molar-refractivity contribution in [3.63, 3.8) is 0 Å². The predicted molar refractivity (Wildman–Crippen MR) is 69.8 cm³/mol. The van der Waals surface area contributed by atoms with E-state index in [1.54, 1.807) is 11.3 Å². The summed E-state index contributed by atoms with van der Waals surface area (Å²) in [6, 6.07) is 2.18. The first-order valence-electron chi connectivity index (χ1n) is 5.33. The van der Waals surface area contributed by atoms with E-state index < -0.39 is 9.84 Å². The normalized spacial score (nSPS) is 11.9. The zero-order valence-electron chi connectivity index (χ0n) is 10.0. The average molecular weight is 261 g/mol. The van der Waals surface area contributed by atoms with E-state index >= 15 is 0 Å². The van der Waals surface area contributed by atoms with E-state index in [2.05, 4.69) is 25.2 Å². The van der Waals surface area contributed by atoms with Crippen LogP contribution in [0.4, 0.5) is 0 Å². The van der Waals surface area contributed by atoms with Gasteiger partial charge in [-0.15, -0.1) is 11.3 Å². The lowest BCUT2D eigenvalue weighted by Gasteiger charge is -2.01. The number of hydrogen-bond acceptors (Lipinski definition) is 4. The molecule has 0 saturated carbocycles. The number of aryl methyl sites for hydroxylation is 2. The molecule has 1 aromatic rings. The fourth-order valence-corrected chi connectivity index (χ4v) is 3.10. The van der Waals surface area contributed by atoms with Crippen molar-refractivity contribution in [3.05, 3.63) is 21.4 Å². The maximum Gasteiger partial charge on any atom is 0.147 e. The number of thiophene rings is 1. The molecule has 0 unspecified atom stereocenters. The highest BCUT2D eigenvalue weighted by Gasteiger charge is 2.02. The second-order valence-electron chi connectivity index (χ2n) is 4.11. The van der Waals surface area contributed by atoms with Crippen LogP contribution in [0.15, 0.2) is 6.07 Å². The summed E-state index contributed by atoms with van der Waals surface area (Å²) in [6.07, 6.45) is 1.96. The highest BCUT2D eigenvalue weighted by atomic mass is 32.2. The molecular formula is C11H19NO2S2. The van der Waals surface area contributed by atoms with E-state index in [0.717, 1.165) is 13.1 Å². The van der Waals surface area contributed by atoms with Crippen LogP contribution in [0.1, 0.15) is 21.7 Å². The third kappa shape index (κ3) is 5.09. The van der Waals surface area contributed by atoms with Crippen LogP contribution >= 0.6 is 11.3 Å². The molecule has 1 rings (SSSR count). The zero-order chi connectivity index (χ0) is 12.2. The first kappa shape index (κ1) is 13.7. The van der Waals surface area contributed by atoms with Crippen LogP contribution < -0.4 is 5.32 Å². The minimum absolute atomic E-state index is 0.266. The maximum absolute atomic E-state index is 10.9. The van der Waals surface area contributed by atoms with E-state index in [0.29, 0.717) is 6.42 Å². The Morgan fingerprint density at radius 3 is 2.56 bits per heavy atom. The number of hydrogen-bond donors (Lipinski definition) is 1. The summed E-state index contributed by atoms with van der Waals surface area (Å²) >= 11 is 1.80. The third-order valence-electron chi connectivity index (χ3n) is 2.38. The molecule has 0 spiro atoms. The van der Waals surface area contributed by atoms with Crippen molar-refractivity contribution in [3.8, 4) is 0 Å². The molecule has 1 heterocycles. The molecule has 0 bridgehead atoms. The molecule has 92 valence electrons. The standard InChI is InChI=1S/C11H19NO2S2/c1-9-7-11(15-10(9)2)8-12-5-4-6-16(3,13)14/h7,12H,4-6,8H2,1-3H3. The summed E-state index contributed by atoms with van der Waals surface area (Å²) in [5.41, 5.74) is 1.33. The molecule has 0 aliphatic carbocycles. The number of rotatable bonds is 6. The third-order valence-corrected chi connectivity index (χ3v) is 4.57. The topological polar surface area (TPSA) is 46.2 Å². The minimum Gasteiger partial charge on any atom is -0.312 e.